The second-order valence-electron chi connectivity index (χ2n) is 3.73. The molecule has 2 rings (SSSR count). The molecule has 0 saturated heterocycles. The number of aromatic nitrogens is 2. The minimum absolute atomic E-state index is 0.179. The van der Waals surface area contributed by atoms with E-state index < -0.39 is 11.9 Å². The Morgan fingerprint density at radius 2 is 1.83 bits per heavy atom. The highest BCUT2D eigenvalue weighted by atomic mass is 19.4. The molecule has 1 aromatic carbocycles. The van der Waals surface area contributed by atoms with Gasteiger partial charge in [0.25, 0.3) is 0 Å². The fourth-order valence-electron chi connectivity index (χ4n) is 1.66. The first-order valence-corrected chi connectivity index (χ1v) is 5.33. The van der Waals surface area contributed by atoms with Crippen LogP contribution in [0.25, 0.3) is 11.3 Å². The zero-order chi connectivity index (χ0) is 13.2. The summed E-state index contributed by atoms with van der Waals surface area (Å²) in [5.41, 5.74) is 0.00599. The van der Waals surface area contributed by atoms with Crippen LogP contribution in [0.2, 0.25) is 0 Å². The lowest BCUT2D eigenvalue weighted by Gasteiger charge is -2.08. The lowest BCUT2D eigenvalue weighted by molar-refractivity contribution is -0.144. The van der Waals surface area contributed by atoms with Crippen molar-refractivity contribution in [1.82, 2.24) is 9.78 Å². The van der Waals surface area contributed by atoms with Gasteiger partial charge in [-0.3, -0.25) is 4.68 Å². The summed E-state index contributed by atoms with van der Waals surface area (Å²) < 4.78 is 39.1. The molecular weight excluding hydrogens is 245 g/mol. The molecule has 96 valence electrons. The zero-order valence-corrected chi connectivity index (χ0v) is 9.35. The average molecular weight is 256 g/mol. The van der Waals surface area contributed by atoms with E-state index in [9.17, 15) is 13.2 Å². The van der Waals surface area contributed by atoms with Crippen LogP contribution in [0.1, 0.15) is 5.69 Å². The summed E-state index contributed by atoms with van der Waals surface area (Å²) in [6, 6.07) is 9.60. The first-order valence-electron chi connectivity index (χ1n) is 5.33. The largest absolute Gasteiger partial charge is 0.433 e. The molecule has 1 aromatic heterocycles. The van der Waals surface area contributed by atoms with E-state index >= 15 is 0 Å². The predicted molar refractivity (Wildman–Crippen MR) is 59.8 cm³/mol. The maximum Gasteiger partial charge on any atom is 0.433 e. The van der Waals surface area contributed by atoms with Crippen LogP contribution in [0.5, 0.6) is 0 Å². The number of alkyl halides is 3. The van der Waals surface area contributed by atoms with Gasteiger partial charge in [-0.2, -0.15) is 18.3 Å². The van der Waals surface area contributed by atoms with Gasteiger partial charge in [0.05, 0.1) is 18.8 Å². The Labute approximate surface area is 101 Å². The normalized spacial score (nSPS) is 11.8. The lowest BCUT2D eigenvalue weighted by atomic mass is 10.1. The molecule has 1 N–H and O–H groups in total. The summed E-state index contributed by atoms with van der Waals surface area (Å²) in [5.74, 6) is 0. The van der Waals surface area contributed by atoms with Gasteiger partial charge in [-0.15, -0.1) is 0 Å². The molecule has 0 saturated carbocycles. The van der Waals surface area contributed by atoms with Crippen molar-refractivity contribution in [2.75, 3.05) is 6.61 Å². The van der Waals surface area contributed by atoms with E-state index in [2.05, 4.69) is 5.10 Å². The number of nitrogens with zero attached hydrogens (tertiary/aromatic N) is 2. The standard InChI is InChI=1S/C12H11F3N2O/c13-12(14,15)11-8-10(16-17(11)6-7-18)9-4-2-1-3-5-9/h1-5,8,18H,6-7H2. The Kier molecular flexibility index (Phi) is 3.38. The molecule has 2 aromatic rings. The molecule has 6 heteroatoms. The van der Waals surface area contributed by atoms with E-state index in [1.165, 1.54) is 0 Å². The molecule has 1 heterocycles. The van der Waals surface area contributed by atoms with Crippen molar-refractivity contribution in [2.24, 2.45) is 0 Å². The lowest BCUT2D eigenvalue weighted by Crippen LogP contribution is -2.16. The van der Waals surface area contributed by atoms with E-state index in [1.54, 1.807) is 30.3 Å². The molecule has 0 atom stereocenters. The van der Waals surface area contributed by atoms with Crippen LogP contribution >= 0.6 is 0 Å². The molecule has 3 nitrogen and oxygen atoms in total. The van der Waals surface area contributed by atoms with E-state index in [1.807, 2.05) is 0 Å². The van der Waals surface area contributed by atoms with Crippen LogP contribution in [-0.2, 0) is 12.7 Å². The molecule has 18 heavy (non-hydrogen) atoms. The van der Waals surface area contributed by atoms with Crippen molar-refractivity contribution < 1.29 is 18.3 Å². The Morgan fingerprint density at radius 1 is 1.17 bits per heavy atom. The third-order valence-corrected chi connectivity index (χ3v) is 2.45. The molecule has 0 radical (unpaired) electrons. The van der Waals surface area contributed by atoms with Crippen molar-refractivity contribution >= 4 is 0 Å². The van der Waals surface area contributed by atoms with Crippen LogP contribution in [0.15, 0.2) is 36.4 Å². The van der Waals surface area contributed by atoms with Gasteiger partial charge in [-0.25, -0.2) is 0 Å². The van der Waals surface area contributed by atoms with Gasteiger partial charge in [0.15, 0.2) is 0 Å². The molecule has 0 aliphatic rings. The number of rotatable bonds is 3. The second kappa shape index (κ2) is 4.81. The molecule has 0 bridgehead atoms. The molecule has 0 fully saturated rings. The van der Waals surface area contributed by atoms with Gasteiger partial charge in [-0.05, 0) is 6.07 Å². The minimum Gasteiger partial charge on any atom is -0.394 e. The SMILES string of the molecule is OCCn1nc(-c2ccccc2)cc1C(F)(F)F. The number of hydrogen-bond donors (Lipinski definition) is 1. The third-order valence-electron chi connectivity index (χ3n) is 2.45. The molecule has 0 unspecified atom stereocenters. The first-order chi connectivity index (χ1) is 8.52. The van der Waals surface area contributed by atoms with E-state index in [0.29, 0.717) is 5.56 Å². The average Bonchev–Trinajstić information content (AvgIpc) is 2.75. The Balaban J connectivity index is 2.46. The van der Waals surface area contributed by atoms with Gasteiger partial charge in [0, 0.05) is 5.56 Å². The van der Waals surface area contributed by atoms with Crippen molar-refractivity contribution in [2.45, 2.75) is 12.7 Å². The summed E-state index contributed by atoms with van der Waals surface area (Å²) >= 11 is 0. The third kappa shape index (κ3) is 2.53. The van der Waals surface area contributed by atoms with Crippen LogP contribution in [-0.4, -0.2) is 21.5 Å². The van der Waals surface area contributed by atoms with Crippen molar-refractivity contribution in [3.63, 3.8) is 0 Å². The number of hydrogen-bond acceptors (Lipinski definition) is 2. The summed E-state index contributed by atoms with van der Waals surface area (Å²) in [6.45, 7) is -0.569. The van der Waals surface area contributed by atoms with Crippen LogP contribution in [0.4, 0.5) is 13.2 Å². The van der Waals surface area contributed by atoms with Crippen molar-refractivity contribution in [3.05, 3.63) is 42.1 Å². The molecular formula is C12H11F3N2O. The van der Waals surface area contributed by atoms with Crippen LogP contribution in [0.3, 0.4) is 0 Å². The van der Waals surface area contributed by atoms with Gasteiger partial charge in [-0.1, -0.05) is 30.3 Å². The highest BCUT2D eigenvalue weighted by Gasteiger charge is 2.35. The van der Waals surface area contributed by atoms with Crippen LogP contribution < -0.4 is 0 Å². The fraction of sp³-hybridized carbons (Fsp3) is 0.250. The highest BCUT2D eigenvalue weighted by Crippen LogP contribution is 2.32. The molecule has 0 amide bonds. The Hall–Kier alpha value is -1.82. The van der Waals surface area contributed by atoms with Gasteiger partial charge >= 0.3 is 6.18 Å². The topological polar surface area (TPSA) is 38.0 Å². The Morgan fingerprint density at radius 3 is 2.39 bits per heavy atom. The van der Waals surface area contributed by atoms with E-state index in [4.69, 9.17) is 5.11 Å². The summed E-state index contributed by atoms with van der Waals surface area (Å²) in [7, 11) is 0. The minimum atomic E-state index is -4.48. The summed E-state index contributed by atoms with van der Waals surface area (Å²) in [6.07, 6.45) is -4.48. The number of aliphatic hydroxyl groups is 1. The maximum atomic E-state index is 12.8. The van der Waals surface area contributed by atoms with Crippen molar-refractivity contribution in [1.29, 1.82) is 0 Å². The predicted octanol–water partition coefficient (Wildman–Crippen LogP) is 2.56. The summed E-state index contributed by atoms with van der Waals surface area (Å²) in [5, 5.41) is 12.6. The maximum absolute atomic E-state index is 12.8. The van der Waals surface area contributed by atoms with Gasteiger partial charge < -0.3 is 5.11 Å². The molecule has 0 aliphatic carbocycles. The van der Waals surface area contributed by atoms with Gasteiger partial charge in [0.1, 0.15) is 5.69 Å². The Bertz CT molecular complexity index is 520. The smallest absolute Gasteiger partial charge is 0.394 e. The zero-order valence-electron chi connectivity index (χ0n) is 9.35. The molecule has 0 spiro atoms. The summed E-state index contributed by atoms with van der Waals surface area (Å²) in [4.78, 5) is 0. The monoisotopic (exact) mass is 256 g/mol. The highest BCUT2D eigenvalue weighted by molar-refractivity contribution is 5.59. The van der Waals surface area contributed by atoms with Gasteiger partial charge in [0.2, 0.25) is 0 Å². The fourth-order valence-corrected chi connectivity index (χ4v) is 1.66. The number of benzene rings is 1. The molecule has 0 aliphatic heterocycles. The first kappa shape index (κ1) is 12.6. The van der Waals surface area contributed by atoms with E-state index in [-0.39, 0.29) is 18.8 Å². The van der Waals surface area contributed by atoms with Crippen LogP contribution in [0, 0.1) is 0 Å². The van der Waals surface area contributed by atoms with E-state index in [0.717, 1.165) is 10.7 Å². The quantitative estimate of drug-likeness (QED) is 0.916. The van der Waals surface area contributed by atoms with Crippen molar-refractivity contribution in [3.8, 4) is 11.3 Å². The second-order valence-corrected chi connectivity index (χ2v) is 3.73. The number of aliphatic hydroxyl groups excluding tert-OH is 1. The number of halogens is 3.